The van der Waals surface area contributed by atoms with E-state index >= 15 is 0 Å². The molecule has 1 aliphatic rings. The molecule has 7 heteroatoms. The van der Waals surface area contributed by atoms with Gasteiger partial charge in [-0.2, -0.15) is 10.4 Å². The molecule has 0 N–H and O–H groups in total. The lowest BCUT2D eigenvalue weighted by atomic mass is 10.0. The summed E-state index contributed by atoms with van der Waals surface area (Å²) < 4.78 is 2.13. The summed E-state index contributed by atoms with van der Waals surface area (Å²) in [5.74, 6) is 1.98. The first-order valence-electron chi connectivity index (χ1n) is 10.2. The van der Waals surface area contributed by atoms with E-state index in [9.17, 15) is 5.26 Å². The summed E-state index contributed by atoms with van der Waals surface area (Å²) in [5, 5.41) is 18.1. The number of anilines is 2. The lowest BCUT2D eigenvalue weighted by Crippen LogP contribution is -2.47. The molecule has 1 unspecified atom stereocenters. The van der Waals surface area contributed by atoms with Gasteiger partial charge in [0.15, 0.2) is 11.5 Å². The van der Waals surface area contributed by atoms with Gasteiger partial charge in [-0.05, 0) is 55.7 Å². The molecule has 4 aromatic rings. The van der Waals surface area contributed by atoms with Crippen molar-refractivity contribution in [2.45, 2.75) is 25.8 Å². The Hall–Kier alpha value is -3.66. The van der Waals surface area contributed by atoms with Gasteiger partial charge in [0, 0.05) is 32.4 Å². The predicted octanol–water partition coefficient (Wildman–Crippen LogP) is 3.56. The van der Waals surface area contributed by atoms with Gasteiger partial charge in [0.1, 0.15) is 11.9 Å². The van der Waals surface area contributed by atoms with Crippen molar-refractivity contribution < 1.29 is 0 Å². The van der Waals surface area contributed by atoms with Gasteiger partial charge in [-0.15, -0.1) is 5.10 Å². The number of pyridine rings is 1. The molecule has 7 nitrogen and oxygen atoms in total. The SMILES string of the molecule is Cc1cc(N(C)C2CCCN(c3cccnn3)C2)n2c(nc3ccccc32)c1C#N. The number of likely N-dealkylation sites (N-methyl/N-ethyl adjacent to an activating group) is 1. The molecule has 0 radical (unpaired) electrons. The first kappa shape index (κ1) is 18.4. The number of aromatic nitrogens is 4. The monoisotopic (exact) mass is 397 g/mol. The smallest absolute Gasteiger partial charge is 0.157 e. The number of fused-ring (bicyclic) bond motifs is 3. The van der Waals surface area contributed by atoms with Crippen LogP contribution in [-0.2, 0) is 0 Å². The van der Waals surface area contributed by atoms with Crippen molar-refractivity contribution in [3.05, 3.63) is 59.8 Å². The summed E-state index contributed by atoms with van der Waals surface area (Å²) in [6, 6.07) is 16.8. The number of hydrogen-bond acceptors (Lipinski definition) is 6. The molecule has 5 rings (SSSR count). The molecule has 0 aliphatic carbocycles. The van der Waals surface area contributed by atoms with Gasteiger partial charge in [-0.1, -0.05) is 12.1 Å². The maximum atomic E-state index is 9.74. The summed E-state index contributed by atoms with van der Waals surface area (Å²) in [6.07, 6.45) is 3.90. The molecule has 0 bridgehead atoms. The highest BCUT2D eigenvalue weighted by Crippen LogP contribution is 2.31. The van der Waals surface area contributed by atoms with Gasteiger partial charge in [0.2, 0.25) is 0 Å². The van der Waals surface area contributed by atoms with Crippen LogP contribution in [0.2, 0.25) is 0 Å². The van der Waals surface area contributed by atoms with E-state index in [1.807, 2.05) is 37.3 Å². The van der Waals surface area contributed by atoms with E-state index in [4.69, 9.17) is 4.98 Å². The Kier molecular flexibility index (Phi) is 4.47. The number of piperidine rings is 1. The molecule has 0 spiro atoms. The van der Waals surface area contributed by atoms with Crippen LogP contribution in [0.3, 0.4) is 0 Å². The molecule has 3 aromatic heterocycles. The highest BCUT2D eigenvalue weighted by Gasteiger charge is 2.27. The zero-order valence-corrected chi connectivity index (χ0v) is 17.2. The van der Waals surface area contributed by atoms with E-state index in [1.54, 1.807) is 6.20 Å². The first-order chi connectivity index (χ1) is 14.7. The molecule has 0 saturated carbocycles. The van der Waals surface area contributed by atoms with Crippen LogP contribution in [0.1, 0.15) is 24.0 Å². The van der Waals surface area contributed by atoms with E-state index in [2.05, 4.69) is 49.6 Å². The molecule has 0 amide bonds. The number of benzene rings is 1. The summed E-state index contributed by atoms with van der Waals surface area (Å²) in [4.78, 5) is 9.42. The Balaban J connectivity index is 1.59. The molecule has 1 aliphatic heterocycles. The number of para-hydroxylation sites is 2. The molecule has 4 heterocycles. The molecule has 1 aromatic carbocycles. The van der Waals surface area contributed by atoms with Crippen LogP contribution in [-0.4, -0.2) is 45.8 Å². The van der Waals surface area contributed by atoms with E-state index in [1.165, 1.54) is 0 Å². The predicted molar refractivity (Wildman–Crippen MR) is 118 cm³/mol. The maximum absolute atomic E-state index is 9.74. The van der Waals surface area contributed by atoms with Crippen molar-refractivity contribution >= 4 is 28.3 Å². The lowest BCUT2D eigenvalue weighted by Gasteiger charge is -2.39. The average Bonchev–Trinajstić information content (AvgIpc) is 3.18. The summed E-state index contributed by atoms with van der Waals surface area (Å²) in [6.45, 7) is 3.85. The Morgan fingerprint density at radius 1 is 1.20 bits per heavy atom. The van der Waals surface area contributed by atoms with Crippen LogP contribution in [0, 0.1) is 18.3 Å². The molecule has 1 saturated heterocycles. The fourth-order valence-electron chi connectivity index (χ4n) is 4.46. The van der Waals surface area contributed by atoms with E-state index in [-0.39, 0.29) is 0 Å². The number of imidazole rings is 1. The number of aryl methyl sites for hydroxylation is 1. The third-order valence-corrected chi connectivity index (χ3v) is 6.05. The van der Waals surface area contributed by atoms with Gasteiger partial charge < -0.3 is 9.80 Å². The average molecular weight is 397 g/mol. The second-order valence-electron chi connectivity index (χ2n) is 7.87. The number of hydrogen-bond donors (Lipinski definition) is 0. The lowest BCUT2D eigenvalue weighted by molar-refractivity contribution is 0.482. The first-order valence-corrected chi connectivity index (χ1v) is 10.2. The Morgan fingerprint density at radius 2 is 2.07 bits per heavy atom. The summed E-state index contributed by atoms with van der Waals surface area (Å²) in [5.41, 5.74) is 4.23. The summed E-state index contributed by atoms with van der Waals surface area (Å²) >= 11 is 0. The molecular weight excluding hydrogens is 374 g/mol. The van der Waals surface area contributed by atoms with Gasteiger partial charge in [-0.3, -0.25) is 4.40 Å². The third-order valence-electron chi connectivity index (χ3n) is 6.05. The van der Waals surface area contributed by atoms with Crippen molar-refractivity contribution in [2.24, 2.45) is 0 Å². The van der Waals surface area contributed by atoms with Gasteiger partial charge in [-0.25, -0.2) is 4.98 Å². The summed E-state index contributed by atoms with van der Waals surface area (Å²) in [7, 11) is 2.14. The van der Waals surface area contributed by atoms with E-state index in [0.717, 1.165) is 59.8 Å². The van der Waals surface area contributed by atoms with Crippen molar-refractivity contribution in [3.8, 4) is 6.07 Å². The minimum Gasteiger partial charge on any atom is -0.356 e. The Labute approximate surface area is 175 Å². The zero-order valence-electron chi connectivity index (χ0n) is 17.2. The van der Waals surface area contributed by atoms with Crippen LogP contribution in [0.5, 0.6) is 0 Å². The van der Waals surface area contributed by atoms with Crippen molar-refractivity contribution in [3.63, 3.8) is 0 Å². The van der Waals surface area contributed by atoms with Gasteiger partial charge in [0.05, 0.1) is 16.6 Å². The van der Waals surface area contributed by atoms with Crippen LogP contribution in [0.15, 0.2) is 48.7 Å². The molecule has 30 heavy (non-hydrogen) atoms. The number of nitriles is 1. The van der Waals surface area contributed by atoms with Crippen molar-refractivity contribution in [2.75, 3.05) is 29.9 Å². The Bertz CT molecular complexity index is 1260. The second-order valence-corrected chi connectivity index (χ2v) is 7.87. The van der Waals surface area contributed by atoms with Crippen LogP contribution < -0.4 is 9.80 Å². The van der Waals surface area contributed by atoms with Gasteiger partial charge >= 0.3 is 0 Å². The third kappa shape index (κ3) is 2.92. The zero-order chi connectivity index (χ0) is 20.7. The molecule has 1 fully saturated rings. The second kappa shape index (κ2) is 7.30. The number of rotatable bonds is 3. The van der Waals surface area contributed by atoms with Crippen LogP contribution >= 0.6 is 0 Å². The topological polar surface area (TPSA) is 73.3 Å². The fourth-order valence-corrected chi connectivity index (χ4v) is 4.46. The Morgan fingerprint density at radius 3 is 2.87 bits per heavy atom. The minimum atomic E-state index is 0.317. The quantitative estimate of drug-likeness (QED) is 0.526. The van der Waals surface area contributed by atoms with Gasteiger partial charge in [0.25, 0.3) is 0 Å². The molecule has 150 valence electrons. The largest absolute Gasteiger partial charge is 0.356 e. The molecule has 1 atom stereocenters. The van der Waals surface area contributed by atoms with E-state index < -0.39 is 0 Å². The fraction of sp³-hybridized carbons (Fsp3) is 0.304. The van der Waals surface area contributed by atoms with Crippen molar-refractivity contribution in [1.29, 1.82) is 5.26 Å². The highest BCUT2D eigenvalue weighted by molar-refractivity contribution is 5.85. The highest BCUT2D eigenvalue weighted by atomic mass is 15.3. The van der Waals surface area contributed by atoms with Crippen LogP contribution in [0.4, 0.5) is 11.6 Å². The minimum absolute atomic E-state index is 0.317. The standard InChI is InChI=1S/C23H23N7/c1-16-13-22(30-20-9-4-3-8-19(20)26-23(30)18(16)14-24)28(2)17-7-6-12-29(15-17)21-10-5-11-25-27-21/h3-5,8-11,13,17H,6-7,12,15H2,1-2H3. The number of nitrogens with zero attached hydrogens (tertiary/aromatic N) is 7. The molecular formula is C23H23N7. The van der Waals surface area contributed by atoms with Crippen LogP contribution in [0.25, 0.3) is 16.7 Å². The van der Waals surface area contributed by atoms with Crippen molar-refractivity contribution in [1.82, 2.24) is 19.6 Å². The maximum Gasteiger partial charge on any atom is 0.157 e. The van der Waals surface area contributed by atoms with E-state index in [0.29, 0.717) is 11.6 Å². The normalized spacial score (nSPS) is 16.7.